The zero-order chi connectivity index (χ0) is 13.3. The number of nitrogens with zero attached hydrogens (tertiary/aromatic N) is 1. The van der Waals surface area contributed by atoms with Crippen LogP contribution in [0.1, 0.15) is 40.0 Å². The summed E-state index contributed by atoms with van der Waals surface area (Å²) in [5, 5.41) is 0. The summed E-state index contributed by atoms with van der Waals surface area (Å²) in [5.41, 5.74) is -0.448. The van der Waals surface area contributed by atoms with Gasteiger partial charge in [-0.05, 0) is 18.8 Å². The number of carbonyl (C=O) groups excluding carboxylic acids is 1. The first-order valence-corrected chi connectivity index (χ1v) is 5.96. The maximum absolute atomic E-state index is 12.2. The third-order valence-electron chi connectivity index (χ3n) is 3.06. The van der Waals surface area contributed by atoms with Gasteiger partial charge in [-0.25, -0.2) is 0 Å². The molecule has 1 heterocycles. The lowest BCUT2D eigenvalue weighted by Crippen LogP contribution is -2.44. The number of likely N-dealkylation sites (tertiary alicyclic amines) is 1. The molecule has 17 heavy (non-hydrogen) atoms. The monoisotopic (exact) mass is 251 g/mol. The summed E-state index contributed by atoms with van der Waals surface area (Å²) in [6.45, 7) is 6.40. The number of piperidine rings is 1. The molecule has 1 aliphatic rings. The predicted octanol–water partition coefficient (Wildman–Crippen LogP) is 3.22. The van der Waals surface area contributed by atoms with Crippen LogP contribution in [0.3, 0.4) is 0 Å². The molecule has 0 aliphatic carbocycles. The number of halogens is 3. The largest absolute Gasteiger partial charge is 0.389 e. The van der Waals surface area contributed by atoms with Crippen molar-refractivity contribution in [3.05, 3.63) is 0 Å². The Bertz CT molecular complexity index is 272. The molecule has 0 radical (unpaired) electrons. The van der Waals surface area contributed by atoms with Gasteiger partial charge in [0.05, 0.1) is 0 Å². The Morgan fingerprint density at radius 2 is 1.65 bits per heavy atom. The quantitative estimate of drug-likeness (QED) is 0.700. The van der Waals surface area contributed by atoms with Crippen molar-refractivity contribution in [2.24, 2.45) is 11.3 Å². The fraction of sp³-hybridized carbons (Fsp3) is 0.917. The number of amides is 1. The van der Waals surface area contributed by atoms with Crippen LogP contribution in [-0.4, -0.2) is 30.1 Å². The van der Waals surface area contributed by atoms with Gasteiger partial charge in [0.1, 0.15) is 0 Å². The molecule has 1 amide bonds. The summed E-state index contributed by atoms with van der Waals surface area (Å²) in [7, 11) is 0. The van der Waals surface area contributed by atoms with Gasteiger partial charge in [0.2, 0.25) is 5.91 Å². The first-order chi connectivity index (χ1) is 7.59. The summed E-state index contributed by atoms with van der Waals surface area (Å²) in [5.74, 6) is -0.290. The van der Waals surface area contributed by atoms with Crippen molar-refractivity contribution in [3.63, 3.8) is 0 Å². The topological polar surface area (TPSA) is 20.3 Å². The van der Waals surface area contributed by atoms with Gasteiger partial charge in [-0.15, -0.1) is 0 Å². The van der Waals surface area contributed by atoms with Crippen LogP contribution in [0.25, 0.3) is 0 Å². The Balaban J connectivity index is 2.44. The molecule has 0 saturated carbocycles. The average Bonchev–Trinajstić information content (AvgIpc) is 2.14. The number of alkyl halides is 3. The van der Waals surface area contributed by atoms with E-state index in [2.05, 4.69) is 0 Å². The van der Waals surface area contributed by atoms with E-state index in [0.717, 1.165) is 0 Å². The SMILES string of the molecule is CC(C)(C)C(=O)N1CCC(CC(F)(F)F)CC1. The molecule has 1 aliphatic heterocycles. The van der Waals surface area contributed by atoms with Gasteiger partial charge in [0.15, 0.2) is 0 Å². The number of hydrogen-bond donors (Lipinski definition) is 0. The summed E-state index contributed by atoms with van der Waals surface area (Å²) in [6.07, 6.45) is -3.88. The van der Waals surface area contributed by atoms with Gasteiger partial charge in [-0.3, -0.25) is 4.79 Å². The highest BCUT2D eigenvalue weighted by Crippen LogP contribution is 2.32. The zero-order valence-corrected chi connectivity index (χ0v) is 10.6. The lowest BCUT2D eigenvalue weighted by Gasteiger charge is -2.35. The minimum absolute atomic E-state index is 0.0305. The standard InChI is InChI=1S/C12H20F3NO/c1-11(2,3)10(17)16-6-4-9(5-7-16)8-12(13,14)15/h9H,4-8H2,1-3H3. The van der Waals surface area contributed by atoms with Crippen LogP contribution in [0.5, 0.6) is 0 Å². The number of hydrogen-bond acceptors (Lipinski definition) is 1. The van der Waals surface area contributed by atoms with Crippen molar-refractivity contribution in [1.29, 1.82) is 0 Å². The molecule has 1 rings (SSSR count). The highest BCUT2D eigenvalue weighted by molar-refractivity contribution is 5.81. The van der Waals surface area contributed by atoms with Gasteiger partial charge in [-0.2, -0.15) is 13.2 Å². The first kappa shape index (κ1) is 14.3. The number of carbonyl (C=O) groups is 1. The van der Waals surface area contributed by atoms with Crippen LogP contribution >= 0.6 is 0 Å². The van der Waals surface area contributed by atoms with Crippen molar-refractivity contribution in [2.75, 3.05) is 13.1 Å². The van der Waals surface area contributed by atoms with Crippen molar-refractivity contribution in [3.8, 4) is 0 Å². The van der Waals surface area contributed by atoms with E-state index in [1.807, 2.05) is 20.8 Å². The van der Waals surface area contributed by atoms with E-state index in [4.69, 9.17) is 0 Å². The molecule has 5 heteroatoms. The third kappa shape index (κ3) is 4.56. The average molecular weight is 251 g/mol. The molecule has 2 nitrogen and oxygen atoms in total. The third-order valence-corrected chi connectivity index (χ3v) is 3.06. The van der Waals surface area contributed by atoms with Crippen LogP contribution in [0.4, 0.5) is 13.2 Å². The molecule has 1 fully saturated rings. The van der Waals surface area contributed by atoms with Gasteiger partial charge in [0, 0.05) is 24.9 Å². The highest BCUT2D eigenvalue weighted by atomic mass is 19.4. The Kier molecular flexibility index (Phi) is 4.10. The fourth-order valence-corrected chi connectivity index (χ4v) is 2.14. The second kappa shape index (κ2) is 4.86. The van der Waals surface area contributed by atoms with E-state index in [0.29, 0.717) is 25.9 Å². The second-order valence-electron chi connectivity index (χ2n) is 5.80. The lowest BCUT2D eigenvalue weighted by molar-refractivity contribution is -0.151. The molecule has 0 N–H and O–H groups in total. The summed E-state index contributed by atoms with van der Waals surface area (Å²) in [4.78, 5) is 13.6. The summed E-state index contributed by atoms with van der Waals surface area (Å²) < 4.78 is 36.6. The molecular formula is C12H20F3NO. The maximum atomic E-state index is 12.2. The summed E-state index contributed by atoms with van der Waals surface area (Å²) in [6, 6.07) is 0. The Morgan fingerprint density at radius 3 is 2.00 bits per heavy atom. The molecule has 0 aromatic heterocycles. The van der Waals surface area contributed by atoms with Crippen molar-refractivity contribution >= 4 is 5.91 Å². The van der Waals surface area contributed by atoms with E-state index in [9.17, 15) is 18.0 Å². The molecule has 0 spiro atoms. The van der Waals surface area contributed by atoms with Crippen LogP contribution in [-0.2, 0) is 4.79 Å². The molecule has 0 atom stereocenters. The fourth-order valence-electron chi connectivity index (χ4n) is 2.14. The van der Waals surface area contributed by atoms with Crippen LogP contribution in [0, 0.1) is 11.3 Å². The van der Waals surface area contributed by atoms with E-state index in [1.165, 1.54) is 0 Å². The van der Waals surface area contributed by atoms with Gasteiger partial charge >= 0.3 is 6.18 Å². The molecule has 0 aromatic rings. The van der Waals surface area contributed by atoms with Crippen LogP contribution in [0.15, 0.2) is 0 Å². The smallest absolute Gasteiger partial charge is 0.342 e. The predicted molar refractivity (Wildman–Crippen MR) is 59.4 cm³/mol. The Labute approximate surface area is 100 Å². The molecule has 100 valence electrons. The van der Waals surface area contributed by atoms with E-state index in [-0.39, 0.29) is 11.8 Å². The molecule has 0 unspecified atom stereocenters. The minimum atomic E-state index is -4.08. The zero-order valence-electron chi connectivity index (χ0n) is 10.6. The Hall–Kier alpha value is -0.740. The number of rotatable bonds is 1. The van der Waals surface area contributed by atoms with E-state index in [1.54, 1.807) is 4.90 Å². The minimum Gasteiger partial charge on any atom is -0.342 e. The first-order valence-electron chi connectivity index (χ1n) is 5.96. The van der Waals surface area contributed by atoms with Crippen molar-refractivity contribution in [2.45, 2.75) is 46.2 Å². The van der Waals surface area contributed by atoms with Crippen molar-refractivity contribution < 1.29 is 18.0 Å². The van der Waals surface area contributed by atoms with Crippen molar-refractivity contribution in [1.82, 2.24) is 4.90 Å². The normalized spacial score (nSPS) is 19.5. The molecule has 1 saturated heterocycles. The lowest BCUT2D eigenvalue weighted by atomic mass is 9.89. The maximum Gasteiger partial charge on any atom is 0.389 e. The molecule has 0 bridgehead atoms. The van der Waals surface area contributed by atoms with Gasteiger partial charge in [-0.1, -0.05) is 20.8 Å². The summed E-state index contributed by atoms with van der Waals surface area (Å²) >= 11 is 0. The highest BCUT2D eigenvalue weighted by Gasteiger charge is 2.35. The van der Waals surface area contributed by atoms with Crippen LogP contribution < -0.4 is 0 Å². The molecular weight excluding hydrogens is 231 g/mol. The van der Waals surface area contributed by atoms with E-state index >= 15 is 0 Å². The van der Waals surface area contributed by atoms with Gasteiger partial charge < -0.3 is 4.90 Å². The second-order valence-corrected chi connectivity index (χ2v) is 5.80. The van der Waals surface area contributed by atoms with Crippen LogP contribution in [0.2, 0.25) is 0 Å². The van der Waals surface area contributed by atoms with Gasteiger partial charge in [0.25, 0.3) is 0 Å². The van der Waals surface area contributed by atoms with E-state index < -0.39 is 18.0 Å². The Morgan fingerprint density at radius 1 is 1.18 bits per heavy atom. The molecule has 0 aromatic carbocycles.